The van der Waals surface area contributed by atoms with Crippen LogP contribution in [-0.4, -0.2) is 34.1 Å². The van der Waals surface area contributed by atoms with E-state index in [1.54, 1.807) is 13.0 Å². The summed E-state index contributed by atoms with van der Waals surface area (Å²) in [7, 11) is 0. The molecule has 1 fully saturated rings. The minimum Gasteiger partial charge on any atom is -0.334 e. The molecule has 0 saturated carbocycles. The fraction of sp³-hybridized carbons (Fsp3) is 0.238. The lowest BCUT2D eigenvalue weighted by molar-refractivity contribution is -0.159. The number of carbonyl (C=O) groups is 3. The summed E-state index contributed by atoms with van der Waals surface area (Å²) in [5.74, 6) is -0.619. The standard InChI is InChI=1S/C21H13Cl2F3N2O3S2/c1-9-4-10(2-3-14(9)17(29)27-16-18(30)32-19(16)31)15-8-20(33-28-15,21(24,25)26)11-5-12(22)7-13(23)6-11/h2-7,16H,8H2,1H3,(H,27,29). The van der Waals surface area contributed by atoms with Crippen molar-refractivity contribution in [2.45, 2.75) is 30.3 Å². The summed E-state index contributed by atoms with van der Waals surface area (Å²) in [6, 6.07) is 7.10. The third-order valence-electron chi connectivity index (χ3n) is 5.27. The van der Waals surface area contributed by atoms with E-state index < -0.39 is 39.5 Å². The molecule has 4 rings (SSSR count). The summed E-state index contributed by atoms with van der Waals surface area (Å²) in [5, 5.41) is 1.65. The highest BCUT2D eigenvalue weighted by Crippen LogP contribution is 2.57. The maximum absolute atomic E-state index is 14.2. The van der Waals surface area contributed by atoms with E-state index in [0.29, 0.717) is 34.8 Å². The van der Waals surface area contributed by atoms with Crippen LogP contribution in [-0.2, 0) is 14.3 Å². The Kier molecular flexibility index (Phi) is 6.32. The third-order valence-corrected chi connectivity index (χ3v) is 7.81. The van der Waals surface area contributed by atoms with Crippen molar-refractivity contribution in [3.8, 4) is 0 Å². The first-order valence-corrected chi connectivity index (χ1v) is 11.7. The van der Waals surface area contributed by atoms with Gasteiger partial charge >= 0.3 is 6.18 Å². The van der Waals surface area contributed by atoms with Crippen molar-refractivity contribution in [1.82, 2.24) is 5.32 Å². The summed E-state index contributed by atoms with van der Waals surface area (Å²) in [5.41, 5.74) is 1.18. The smallest absolute Gasteiger partial charge is 0.334 e. The maximum atomic E-state index is 14.2. The Balaban J connectivity index is 1.60. The van der Waals surface area contributed by atoms with Crippen LogP contribution in [0.3, 0.4) is 0 Å². The zero-order valence-electron chi connectivity index (χ0n) is 16.6. The van der Waals surface area contributed by atoms with Crippen molar-refractivity contribution in [3.05, 3.63) is 68.7 Å². The van der Waals surface area contributed by atoms with Gasteiger partial charge in [0.05, 0.1) is 5.71 Å². The van der Waals surface area contributed by atoms with E-state index in [2.05, 4.69) is 9.71 Å². The molecule has 0 aromatic heterocycles. The average molecular weight is 533 g/mol. The number of nitrogens with one attached hydrogen (secondary N) is 1. The van der Waals surface area contributed by atoms with Crippen LogP contribution in [0.2, 0.25) is 10.0 Å². The molecular weight excluding hydrogens is 520 g/mol. The fourth-order valence-electron chi connectivity index (χ4n) is 3.53. The number of alkyl halides is 3. The molecule has 12 heteroatoms. The van der Waals surface area contributed by atoms with Gasteiger partial charge in [0.2, 0.25) is 10.2 Å². The van der Waals surface area contributed by atoms with E-state index in [1.807, 2.05) is 0 Å². The Morgan fingerprint density at radius 2 is 1.76 bits per heavy atom. The predicted octanol–water partition coefficient (Wildman–Crippen LogP) is 5.50. The molecule has 33 heavy (non-hydrogen) atoms. The Bertz CT molecular complexity index is 1200. The number of nitrogens with zero attached hydrogens (tertiary/aromatic N) is 1. The van der Waals surface area contributed by atoms with Crippen LogP contribution in [0, 0.1) is 6.92 Å². The van der Waals surface area contributed by atoms with E-state index in [0.717, 1.165) is 0 Å². The van der Waals surface area contributed by atoms with Crippen molar-refractivity contribution in [2.24, 2.45) is 4.40 Å². The molecule has 0 bridgehead atoms. The lowest BCUT2D eigenvalue weighted by atomic mass is 9.89. The summed E-state index contributed by atoms with van der Waals surface area (Å²) < 4.78 is 44.5. The molecule has 172 valence electrons. The van der Waals surface area contributed by atoms with Gasteiger partial charge in [0.1, 0.15) is 0 Å². The highest BCUT2D eigenvalue weighted by molar-refractivity contribution is 8.29. The van der Waals surface area contributed by atoms with Crippen LogP contribution < -0.4 is 5.32 Å². The molecule has 5 nitrogen and oxygen atoms in total. The second kappa shape index (κ2) is 8.65. The minimum absolute atomic E-state index is 0.0863. The van der Waals surface area contributed by atoms with Gasteiger partial charge in [-0.15, -0.1) is 0 Å². The molecule has 2 aromatic carbocycles. The summed E-state index contributed by atoms with van der Waals surface area (Å²) >= 11 is 12.8. The zero-order valence-corrected chi connectivity index (χ0v) is 19.8. The van der Waals surface area contributed by atoms with Crippen LogP contribution in [0.15, 0.2) is 40.8 Å². The van der Waals surface area contributed by atoms with Gasteiger partial charge in [-0.1, -0.05) is 29.3 Å². The molecule has 1 atom stereocenters. The second-order valence-corrected chi connectivity index (χ2v) is 10.4. The average Bonchev–Trinajstić information content (AvgIpc) is 3.18. The van der Waals surface area contributed by atoms with E-state index in [4.69, 9.17) is 23.2 Å². The Labute approximate surface area is 204 Å². The van der Waals surface area contributed by atoms with Crippen molar-refractivity contribution in [2.75, 3.05) is 0 Å². The van der Waals surface area contributed by atoms with Gasteiger partial charge in [-0.3, -0.25) is 14.4 Å². The van der Waals surface area contributed by atoms with Crippen LogP contribution >= 0.6 is 46.9 Å². The molecule has 0 radical (unpaired) electrons. The predicted molar refractivity (Wildman–Crippen MR) is 123 cm³/mol. The molecule has 1 amide bonds. The van der Waals surface area contributed by atoms with Gasteiger partial charge in [-0.25, -0.2) is 4.40 Å². The minimum atomic E-state index is -4.65. The number of hydrogen-bond donors (Lipinski definition) is 1. The van der Waals surface area contributed by atoms with Crippen LogP contribution in [0.25, 0.3) is 0 Å². The molecule has 0 spiro atoms. The number of thioether (sulfide) groups is 1. The number of aryl methyl sites for hydroxylation is 1. The second-order valence-electron chi connectivity index (χ2n) is 7.47. The topological polar surface area (TPSA) is 75.6 Å². The SMILES string of the molecule is Cc1cc(C2=NSC(c3cc(Cl)cc(Cl)c3)(C(F)(F)F)C2)ccc1C(=O)NC1C(=O)SC1=O. The van der Waals surface area contributed by atoms with Crippen molar-refractivity contribution in [3.63, 3.8) is 0 Å². The number of hydrogen-bond acceptors (Lipinski definition) is 6. The normalized spacial score (nSPS) is 21.1. The van der Waals surface area contributed by atoms with E-state index in [1.165, 1.54) is 30.3 Å². The maximum Gasteiger partial charge on any atom is 0.409 e. The van der Waals surface area contributed by atoms with Gasteiger partial charge in [-0.05, 0) is 77.7 Å². The molecule has 2 aliphatic rings. The zero-order chi connectivity index (χ0) is 24.1. The molecule has 2 heterocycles. The number of benzene rings is 2. The first kappa shape index (κ1) is 24.1. The van der Waals surface area contributed by atoms with Crippen molar-refractivity contribution < 1.29 is 27.6 Å². The van der Waals surface area contributed by atoms with Crippen molar-refractivity contribution >= 4 is 68.8 Å². The molecule has 2 aromatic rings. The number of amides is 1. The molecule has 1 unspecified atom stereocenters. The molecule has 0 aliphatic carbocycles. The Morgan fingerprint density at radius 3 is 2.30 bits per heavy atom. The fourth-order valence-corrected chi connectivity index (χ4v) is 5.60. The van der Waals surface area contributed by atoms with E-state index in [-0.39, 0.29) is 26.9 Å². The van der Waals surface area contributed by atoms with Crippen LogP contribution in [0.1, 0.15) is 33.5 Å². The lowest BCUT2D eigenvalue weighted by Crippen LogP contribution is -2.51. The number of carbonyl (C=O) groups excluding carboxylic acids is 3. The molecule has 2 aliphatic heterocycles. The van der Waals surface area contributed by atoms with Crippen LogP contribution in [0.5, 0.6) is 0 Å². The first-order valence-electron chi connectivity index (χ1n) is 9.37. The number of rotatable bonds is 4. The monoisotopic (exact) mass is 532 g/mol. The molecule has 1 saturated heterocycles. The van der Waals surface area contributed by atoms with Crippen LogP contribution in [0.4, 0.5) is 13.2 Å². The summed E-state index contributed by atoms with van der Waals surface area (Å²) in [6.07, 6.45) is -5.10. The van der Waals surface area contributed by atoms with Gasteiger partial charge in [0, 0.05) is 22.0 Å². The van der Waals surface area contributed by atoms with Crippen molar-refractivity contribution in [1.29, 1.82) is 0 Å². The summed E-state index contributed by atoms with van der Waals surface area (Å²) in [6.45, 7) is 1.61. The number of halogens is 5. The highest BCUT2D eigenvalue weighted by Gasteiger charge is 2.60. The first-order chi connectivity index (χ1) is 15.4. The quantitative estimate of drug-likeness (QED) is 0.415. The molecule has 1 N–H and O–H groups in total. The van der Waals surface area contributed by atoms with E-state index >= 15 is 0 Å². The third kappa shape index (κ3) is 4.41. The summed E-state index contributed by atoms with van der Waals surface area (Å²) in [4.78, 5) is 35.3. The Morgan fingerprint density at radius 1 is 1.12 bits per heavy atom. The largest absolute Gasteiger partial charge is 0.409 e. The van der Waals surface area contributed by atoms with Gasteiger partial charge in [0.15, 0.2) is 10.8 Å². The Hall–Kier alpha value is -2.01. The van der Waals surface area contributed by atoms with Gasteiger partial charge < -0.3 is 5.32 Å². The van der Waals surface area contributed by atoms with Gasteiger partial charge in [-0.2, -0.15) is 13.2 Å². The van der Waals surface area contributed by atoms with Gasteiger partial charge in [0.25, 0.3) is 5.91 Å². The lowest BCUT2D eigenvalue weighted by Gasteiger charge is -2.30. The van der Waals surface area contributed by atoms with E-state index in [9.17, 15) is 27.6 Å². The molecular formula is C21H13Cl2F3N2O3S2. The highest BCUT2D eigenvalue weighted by atomic mass is 35.5.